The molecule has 2 N–H and O–H groups in total. The van der Waals surface area contributed by atoms with E-state index in [2.05, 4.69) is 27.4 Å². The van der Waals surface area contributed by atoms with E-state index < -0.39 is 0 Å². The van der Waals surface area contributed by atoms with E-state index in [1.807, 2.05) is 7.05 Å². The SMILES string of the molecule is CCN1CCCC(CNC(=NC)NCCCOCC2CCCO2)C1.I. The predicted octanol–water partition coefficient (Wildman–Crippen LogP) is 2.09. The first-order valence-corrected chi connectivity index (χ1v) is 9.68. The van der Waals surface area contributed by atoms with Gasteiger partial charge in [0.25, 0.3) is 0 Å². The average Bonchev–Trinajstić information content (AvgIpc) is 3.14. The molecule has 2 fully saturated rings. The zero-order chi connectivity index (χ0) is 17.0. The van der Waals surface area contributed by atoms with Crippen LogP contribution in [0.3, 0.4) is 0 Å². The third kappa shape index (κ3) is 9.40. The van der Waals surface area contributed by atoms with Gasteiger partial charge in [-0.05, 0) is 51.1 Å². The Bertz CT molecular complexity index is 365. The quantitative estimate of drug-likeness (QED) is 0.235. The van der Waals surface area contributed by atoms with Gasteiger partial charge in [-0.25, -0.2) is 0 Å². The van der Waals surface area contributed by atoms with Crippen LogP contribution < -0.4 is 10.6 Å². The summed E-state index contributed by atoms with van der Waals surface area (Å²) in [6.45, 7) is 10.2. The number of likely N-dealkylation sites (tertiary alicyclic amines) is 1. The van der Waals surface area contributed by atoms with Gasteiger partial charge >= 0.3 is 0 Å². The van der Waals surface area contributed by atoms with Crippen LogP contribution in [-0.2, 0) is 9.47 Å². The van der Waals surface area contributed by atoms with Gasteiger partial charge in [0.05, 0.1) is 12.7 Å². The minimum absolute atomic E-state index is 0. The van der Waals surface area contributed by atoms with Crippen molar-refractivity contribution in [3.8, 4) is 0 Å². The van der Waals surface area contributed by atoms with Crippen molar-refractivity contribution in [2.75, 3.05) is 59.6 Å². The second kappa shape index (κ2) is 14.0. The van der Waals surface area contributed by atoms with Crippen LogP contribution in [0, 0.1) is 5.92 Å². The Morgan fingerprint density at radius 3 is 2.88 bits per heavy atom. The summed E-state index contributed by atoms with van der Waals surface area (Å²) >= 11 is 0. The van der Waals surface area contributed by atoms with Crippen molar-refractivity contribution in [2.45, 2.75) is 45.1 Å². The van der Waals surface area contributed by atoms with Crippen LogP contribution in [0.25, 0.3) is 0 Å². The highest BCUT2D eigenvalue weighted by Gasteiger charge is 2.18. The minimum atomic E-state index is 0. The number of piperidine rings is 1. The first-order chi connectivity index (χ1) is 11.8. The van der Waals surface area contributed by atoms with Crippen molar-refractivity contribution in [3.63, 3.8) is 0 Å². The number of guanidine groups is 1. The van der Waals surface area contributed by atoms with Gasteiger partial charge in [-0.15, -0.1) is 24.0 Å². The molecule has 6 nitrogen and oxygen atoms in total. The molecule has 7 heteroatoms. The lowest BCUT2D eigenvalue weighted by Gasteiger charge is -2.32. The Morgan fingerprint density at radius 1 is 1.28 bits per heavy atom. The average molecular weight is 468 g/mol. The fourth-order valence-electron chi connectivity index (χ4n) is 3.44. The van der Waals surface area contributed by atoms with E-state index in [4.69, 9.17) is 9.47 Å². The van der Waals surface area contributed by atoms with Crippen molar-refractivity contribution in [3.05, 3.63) is 0 Å². The molecular formula is C18H37IN4O2. The maximum Gasteiger partial charge on any atom is 0.190 e. The van der Waals surface area contributed by atoms with Crippen LogP contribution >= 0.6 is 24.0 Å². The van der Waals surface area contributed by atoms with E-state index in [9.17, 15) is 0 Å². The Morgan fingerprint density at radius 2 is 2.16 bits per heavy atom. The fraction of sp³-hybridized carbons (Fsp3) is 0.944. The molecule has 2 aliphatic rings. The fourth-order valence-corrected chi connectivity index (χ4v) is 3.44. The number of aliphatic imine (C=N–C) groups is 1. The van der Waals surface area contributed by atoms with Crippen LogP contribution in [-0.4, -0.2) is 76.6 Å². The smallest absolute Gasteiger partial charge is 0.190 e. The number of halogens is 1. The Kier molecular flexibility index (Phi) is 12.8. The van der Waals surface area contributed by atoms with Gasteiger partial charge < -0.3 is 25.0 Å². The summed E-state index contributed by atoms with van der Waals surface area (Å²) in [5.41, 5.74) is 0. The van der Waals surface area contributed by atoms with E-state index in [1.54, 1.807) is 0 Å². The summed E-state index contributed by atoms with van der Waals surface area (Å²) in [5.74, 6) is 1.63. The molecule has 0 spiro atoms. The van der Waals surface area contributed by atoms with Gasteiger partial charge in [0.2, 0.25) is 0 Å². The summed E-state index contributed by atoms with van der Waals surface area (Å²) in [6.07, 6.45) is 6.26. The van der Waals surface area contributed by atoms with Gasteiger partial charge in [0.15, 0.2) is 5.96 Å². The number of hydrogen-bond donors (Lipinski definition) is 2. The monoisotopic (exact) mass is 468 g/mol. The van der Waals surface area contributed by atoms with Crippen molar-refractivity contribution in [1.82, 2.24) is 15.5 Å². The maximum atomic E-state index is 5.68. The number of nitrogens with one attached hydrogen (secondary N) is 2. The van der Waals surface area contributed by atoms with Crippen molar-refractivity contribution in [2.24, 2.45) is 10.9 Å². The number of nitrogens with zero attached hydrogens (tertiary/aromatic N) is 2. The molecule has 0 aromatic rings. The summed E-state index contributed by atoms with van der Waals surface area (Å²) in [6, 6.07) is 0. The number of ether oxygens (including phenoxy) is 2. The van der Waals surface area contributed by atoms with Crippen LogP contribution in [0.1, 0.15) is 39.0 Å². The molecule has 0 bridgehead atoms. The van der Waals surface area contributed by atoms with Gasteiger partial charge in [0, 0.05) is 39.9 Å². The molecule has 0 saturated carbocycles. The summed E-state index contributed by atoms with van der Waals surface area (Å²) < 4.78 is 11.2. The Hall–Kier alpha value is -0.120. The Labute approximate surface area is 170 Å². The lowest BCUT2D eigenvalue weighted by molar-refractivity contribution is 0.0168. The first kappa shape index (κ1) is 22.9. The first-order valence-electron chi connectivity index (χ1n) is 9.68. The lowest BCUT2D eigenvalue weighted by atomic mass is 9.98. The lowest BCUT2D eigenvalue weighted by Crippen LogP contribution is -2.44. The molecule has 0 aromatic carbocycles. The molecule has 2 aliphatic heterocycles. The third-order valence-electron chi connectivity index (χ3n) is 4.92. The molecule has 25 heavy (non-hydrogen) atoms. The van der Waals surface area contributed by atoms with E-state index in [-0.39, 0.29) is 24.0 Å². The summed E-state index contributed by atoms with van der Waals surface area (Å²) in [5, 5.41) is 6.85. The molecule has 2 rings (SSSR count). The molecular weight excluding hydrogens is 431 g/mol. The second-order valence-corrected chi connectivity index (χ2v) is 6.84. The minimum Gasteiger partial charge on any atom is -0.379 e. The van der Waals surface area contributed by atoms with Gasteiger partial charge in [-0.2, -0.15) is 0 Å². The summed E-state index contributed by atoms with van der Waals surface area (Å²) in [7, 11) is 1.84. The normalized spacial score (nSPS) is 24.8. The van der Waals surface area contributed by atoms with Crippen molar-refractivity contribution < 1.29 is 9.47 Å². The van der Waals surface area contributed by atoms with Crippen molar-refractivity contribution in [1.29, 1.82) is 0 Å². The predicted molar refractivity (Wildman–Crippen MR) is 114 cm³/mol. The molecule has 2 unspecified atom stereocenters. The van der Waals surface area contributed by atoms with Crippen LogP contribution in [0.15, 0.2) is 4.99 Å². The van der Waals surface area contributed by atoms with E-state index >= 15 is 0 Å². The topological polar surface area (TPSA) is 58.1 Å². The summed E-state index contributed by atoms with van der Waals surface area (Å²) in [4.78, 5) is 6.85. The van der Waals surface area contributed by atoms with Gasteiger partial charge in [-0.1, -0.05) is 6.92 Å². The highest BCUT2D eigenvalue weighted by atomic mass is 127. The molecule has 0 aliphatic carbocycles. The van der Waals surface area contributed by atoms with Crippen molar-refractivity contribution >= 4 is 29.9 Å². The van der Waals surface area contributed by atoms with Crippen LogP contribution in [0.2, 0.25) is 0 Å². The number of rotatable bonds is 9. The van der Waals surface area contributed by atoms with E-state index in [0.717, 1.165) is 64.2 Å². The van der Waals surface area contributed by atoms with E-state index in [1.165, 1.54) is 32.4 Å². The number of hydrogen-bond acceptors (Lipinski definition) is 4. The third-order valence-corrected chi connectivity index (χ3v) is 4.92. The van der Waals surface area contributed by atoms with Gasteiger partial charge in [0.1, 0.15) is 0 Å². The van der Waals surface area contributed by atoms with Crippen LogP contribution in [0.4, 0.5) is 0 Å². The molecule has 2 saturated heterocycles. The molecule has 0 amide bonds. The zero-order valence-electron chi connectivity index (χ0n) is 16.0. The Balaban J connectivity index is 0.00000312. The highest BCUT2D eigenvalue weighted by molar-refractivity contribution is 14.0. The largest absolute Gasteiger partial charge is 0.379 e. The van der Waals surface area contributed by atoms with E-state index in [0.29, 0.717) is 6.10 Å². The maximum absolute atomic E-state index is 5.68. The molecule has 2 heterocycles. The molecule has 0 radical (unpaired) electrons. The molecule has 0 aromatic heterocycles. The second-order valence-electron chi connectivity index (χ2n) is 6.84. The van der Waals surface area contributed by atoms with Crippen LogP contribution in [0.5, 0.6) is 0 Å². The zero-order valence-corrected chi connectivity index (χ0v) is 18.3. The molecule has 148 valence electrons. The molecule has 2 atom stereocenters. The highest BCUT2D eigenvalue weighted by Crippen LogP contribution is 2.15. The standard InChI is InChI=1S/C18H36N4O2.HI/c1-3-22-10-4-7-16(14-22)13-21-18(19-2)20-9-6-11-23-15-17-8-5-12-24-17;/h16-17H,3-15H2,1-2H3,(H2,19,20,21);1H. The van der Waals surface area contributed by atoms with Gasteiger partial charge in [-0.3, -0.25) is 4.99 Å².